The lowest BCUT2D eigenvalue weighted by Crippen LogP contribution is -3.00. The summed E-state index contributed by atoms with van der Waals surface area (Å²) in [6.45, 7) is 0. The predicted molar refractivity (Wildman–Crippen MR) is 29.7 cm³/mol. The molecule has 1 N–H and O–H groups in total. The number of aromatic nitrogens is 2. The second-order valence-electron chi connectivity index (χ2n) is 1.39. The predicted octanol–water partition coefficient (Wildman–Crippen LogP) is -3.45. The molecular weight excluding hydrogens is 138 g/mol. The van der Waals surface area contributed by atoms with Gasteiger partial charge in [0.1, 0.15) is 12.4 Å². The first-order valence-corrected chi connectivity index (χ1v) is 2.42. The molecule has 1 rings (SSSR count). The molecule has 0 atom stereocenters. The third kappa shape index (κ3) is 2.28. The summed E-state index contributed by atoms with van der Waals surface area (Å²) in [5, 5.41) is 0. The van der Waals surface area contributed by atoms with Crippen LogP contribution in [0.15, 0.2) is 24.8 Å². The minimum Gasteiger partial charge on any atom is -1.00 e. The molecule has 0 unspecified atom stereocenters. The van der Waals surface area contributed by atoms with E-state index >= 15 is 0 Å². The monoisotopic (exact) mass is 145 g/mol. The molecule has 0 bridgehead atoms. The van der Waals surface area contributed by atoms with E-state index in [1.807, 2.05) is 19.3 Å². The highest BCUT2D eigenvalue weighted by molar-refractivity contribution is 4.69. The first-order valence-electron chi connectivity index (χ1n) is 2.42. The van der Waals surface area contributed by atoms with Crippen LogP contribution in [0.25, 0.3) is 0 Å². The topological polar surface area (TPSA) is 28.8 Å². The maximum atomic E-state index is 3.86. The number of hydrogen-bond acceptors (Lipinski definition) is 2. The highest BCUT2D eigenvalue weighted by atomic mass is 35.5. The fourth-order valence-electron chi connectivity index (χ4n) is 0.462. The summed E-state index contributed by atoms with van der Waals surface area (Å²) in [4.78, 5) is 3.86. The molecule has 1 aromatic rings. The average Bonchev–Trinajstić information content (AvgIpc) is 1.90. The van der Waals surface area contributed by atoms with Crippen molar-refractivity contribution in [3.63, 3.8) is 0 Å². The van der Waals surface area contributed by atoms with Crippen LogP contribution in [-0.4, -0.2) is 12.0 Å². The van der Waals surface area contributed by atoms with Gasteiger partial charge in [-0.2, -0.15) is 0 Å². The van der Waals surface area contributed by atoms with E-state index in [2.05, 4.69) is 10.4 Å². The van der Waals surface area contributed by atoms with Gasteiger partial charge in [0.2, 0.25) is 0 Å². The number of halogens is 1. The standard InChI is InChI=1S/C5H8N3.ClH/c1-6-8-4-2-3-7-5-8;/h2-6H,1H3;1H/q+1;/p-1. The number of rotatable bonds is 1. The Hall–Kier alpha value is -0.830. The molecule has 0 aliphatic rings. The van der Waals surface area contributed by atoms with Crippen LogP contribution >= 0.6 is 0 Å². The van der Waals surface area contributed by atoms with Gasteiger partial charge in [0, 0.05) is 13.1 Å². The minimum atomic E-state index is 0. The molecule has 4 heteroatoms. The van der Waals surface area contributed by atoms with Crippen molar-refractivity contribution in [3.8, 4) is 0 Å². The molecule has 9 heavy (non-hydrogen) atoms. The van der Waals surface area contributed by atoms with Crippen molar-refractivity contribution in [3.05, 3.63) is 24.8 Å². The fourth-order valence-corrected chi connectivity index (χ4v) is 0.462. The van der Waals surface area contributed by atoms with Crippen LogP contribution in [0.1, 0.15) is 0 Å². The van der Waals surface area contributed by atoms with Gasteiger partial charge in [-0.3, -0.25) is 5.43 Å². The highest BCUT2D eigenvalue weighted by Crippen LogP contribution is 1.64. The molecule has 0 aliphatic heterocycles. The average molecular weight is 146 g/mol. The zero-order chi connectivity index (χ0) is 5.82. The SMILES string of the molecule is CN[n+]1cccnc1.[Cl-]. The summed E-state index contributed by atoms with van der Waals surface area (Å²) in [5.74, 6) is 0. The second kappa shape index (κ2) is 4.09. The Morgan fingerprint density at radius 3 is 2.67 bits per heavy atom. The smallest absolute Gasteiger partial charge is 0.308 e. The Morgan fingerprint density at radius 1 is 1.56 bits per heavy atom. The Labute approximate surface area is 60.1 Å². The zero-order valence-electron chi connectivity index (χ0n) is 5.08. The third-order valence-electron chi connectivity index (χ3n) is 0.868. The van der Waals surface area contributed by atoms with Gasteiger partial charge in [-0.15, -0.1) is 4.68 Å². The molecule has 0 amide bonds. The minimum absolute atomic E-state index is 0. The maximum absolute atomic E-state index is 3.86. The Morgan fingerprint density at radius 2 is 2.33 bits per heavy atom. The van der Waals surface area contributed by atoms with Gasteiger partial charge < -0.3 is 12.4 Å². The number of nitrogens with zero attached hydrogens (tertiary/aromatic N) is 2. The summed E-state index contributed by atoms with van der Waals surface area (Å²) in [5.41, 5.74) is 2.88. The van der Waals surface area contributed by atoms with Gasteiger partial charge in [0.15, 0.2) is 0 Å². The zero-order valence-corrected chi connectivity index (χ0v) is 5.84. The van der Waals surface area contributed by atoms with Crippen molar-refractivity contribution in [1.82, 2.24) is 4.98 Å². The maximum Gasteiger partial charge on any atom is 0.308 e. The van der Waals surface area contributed by atoms with Gasteiger partial charge in [0.25, 0.3) is 0 Å². The first-order chi connectivity index (χ1) is 3.93. The largest absolute Gasteiger partial charge is 1.00 e. The van der Waals surface area contributed by atoms with Crippen LogP contribution in [0.5, 0.6) is 0 Å². The van der Waals surface area contributed by atoms with E-state index in [4.69, 9.17) is 0 Å². The van der Waals surface area contributed by atoms with E-state index in [0.29, 0.717) is 0 Å². The summed E-state index contributed by atoms with van der Waals surface area (Å²) in [6.07, 6.45) is 5.31. The number of hydrogen-bond donors (Lipinski definition) is 1. The molecule has 1 aromatic heterocycles. The lowest BCUT2D eigenvalue weighted by atomic mass is 10.7. The third-order valence-corrected chi connectivity index (χ3v) is 0.868. The Kier molecular flexibility index (Phi) is 3.71. The van der Waals surface area contributed by atoms with E-state index < -0.39 is 0 Å². The molecule has 0 saturated carbocycles. The van der Waals surface area contributed by atoms with E-state index in [1.54, 1.807) is 17.2 Å². The molecule has 50 valence electrons. The lowest BCUT2D eigenvalue weighted by molar-refractivity contribution is -0.650. The van der Waals surface area contributed by atoms with Crippen molar-refractivity contribution in [2.24, 2.45) is 0 Å². The van der Waals surface area contributed by atoms with Gasteiger partial charge in [0.05, 0.1) is 0 Å². The molecule has 0 fully saturated rings. The van der Waals surface area contributed by atoms with Crippen LogP contribution in [0.3, 0.4) is 0 Å². The van der Waals surface area contributed by atoms with Crippen molar-refractivity contribution >= 4 is 0 Å². The van der Waals surface area contributed by atoms with Crippen LogP contribution in [-0.2, 0) is 0 Å². The van der Waals surface area contributed by atoms with Crippen molar-refractivity contribution in [2.75, 3.05) is 12.5 Å². The summed E-state index contributed by atoms with van der Waals surface area (Å²) in [6, 6.07) is 1.86. The lowest BCUT2D eigenvalue weighted by Gasteiger charge is -1.89. The van der Waals surface area contributed by atoms with E-state index in [9.17, 15) is 0 Å². The molecule has 0 radical (unpaired) electrons. The molecule has 0 spiro atoms. The van der Waals surface area contributed by atoms with E-state index in [0.717, 1.165) is 0 Å². The summed E-state index contributed by atoms with van der Waals surface area (Å²) in [7, 11) is 1.84. The molecular formula is C5H8ClN3. The quantitative estimate of drug-likeness (QED) is 0.417. The van der Waals surface area contributed by atoms with Gasteiger partial charge in [-0.25, -0.2) is 0 Å². The van der Waals surface area contributed by atoms with Crippen LogP contribution in [0.4, 0.5) is 0 Å². The molecule has 0 saturated heterocycles. The first kappa shape index (κ1) is 8.17. The molecule has 0 aliphatic carbocycles. The van der Waals surface area contributed by atoms with Gasteiger partial charge >= 0.3 is 6.33 Å². The Balaban J connectivity index is 0.000000640. The van der Waals surface area contributed by atoms with Crippen molar-refractivity contribution < 1.29 is 17.1 Å². The van der Waals surface area contributed by atoms with Crippen molar-refractivity contribution in [2.45, 2.75) is 0 Å². The van der Waals surface area contributed by atoms with Crippen LogP contribution < -0.4 is 22.5 Å². The molecule has 3 nitrogen and oxygen atoms in total. The van der Waals surface area contributed by atoms with E-state index in [-0.39, 0.29) is 12.4 Å². The summed E-state index contributed by atoms with van der Waals surface area (Å²) >= 11 is 0. The fraction of sp³-hybridized carbons (Fsp3) is 0.200. The van der Waals surface area contributed by atoms with Crippen LogP contribution in [0.2, 0.25) is 0 Å². The van der Waals surface area contributed by atoms with Crippen LogP contribution in [0, 0.1) is 0 Å². The molecule has 1 heterocycles. The summed E-state index contributed by atoms with van der Waals surface area (Å²) < 4.78 is 1.76. The second-order valence-corrected chi connectivity index (χ2v) is 1.39. The Bertz CT molecular complexity index is 154. The molecule has 0 aromatic carbocycles. The van der Waals surface area contributed by atoms with Gasteiger partial charge in [-0.05, 0) is 0 Å². The normalized spacial score (nSPS) is 7.67. The van der Waals surface area contributed by atoms with Gasteiger partial charge in [-0.1, -0.05) is 4.98 Å². The van der Waals surface area contributed by atoms with E-state index in [1.165, 1.54) is 0 Å². The van der Waals surface area contributed by atoms with Crippen molar-refractivity contribution in [1.29, 1.82) is 0 Å². The highest BCUT2D eigenvalue weighted by Gasteiger charge is 1.85. The number of nitrogens with one attached hydrogen (secondary N) is 1.